The quantitative estimate of drug-likeness (QED) is 0.636. The van der Waals surface area contributed by atoms with Gasteiger partial charge in [-0.05, 0) is 37.1 Å². The Balaban J connectivity index is 1.76. The topological polar surface area (TPSA) is 132 Å². The SMILES string of the molecule is COCC(=O)N1CCN(C(=O)c2ccc(C#N)cc2)CC1C(=O)NC1CCCNC1=O. The summed E-state index contributed by atoms with van der Waals surface area (Å²) in [5.41, 5.74) is 0.830. The summed E-state index contributed by atoms with van der Waals surface area (Å²) in [6.45, 7) is 0.798. The fourth-order valence-electron chi connectivity index (χ4n) is 3.74. The highest BCUT2D eigenvalue weighted by Gasteiger charge is 2.38. The number of piperidine rings is 1. The first-order chi connectivity index (χ1) is 14.9. The molecule has 2 fully saturated rings. The number of methoxy groups -OCH3 is 1. The lowest BCUT2D eigenvalue weighted by atomic mass is 10.0. The molecule has 0 aliphatic carbocycles. The van der Waals surface area contributed by atoms with Crippen molar-refractivity contribution < 1.29 is 23.9 Å². The number of nitrogens with zero attached hydrogens (tertiary/aromatic N) is 3. The van der Waals surface area contributed by atoms with E-state index in [-0.39, 0.29) is 44.0 Å². The molecule has 0 aromatic heterocycles. The Labute approximate surface area is 180 Å². The van der Waals surface area contributed by atoms with Gasteiger partial charge in [-0.25, -0.2) is 0 Å². The molecular weight excluding hydrogens is 402 g/mol. The van der Waals surface area contributed by atoms with Crippen molar-refractivity contribution in [3.05, 3.63) is 35.4 Å². The van der Waals surface area contributed by atoms with Crippen molar-refractivity contribution >= 4 is 23.6 Å². The molecule has 3 rings (SSSR count). The predicted molar refractivity (Wildman–Crippen MR) is 109 cm³/mol. The second-order valence-corrected chi connectivity index (χ2v) is 7.47. The average Bonchev–Trinajstić information content (AvgIpc) is 2.80. The molecule has 1 aromatic carbocycles. The minimum Gasteiger partial charge on any atom is -0.375 e. The normalized spacial score (nSPS) is 21.1. The number of ether oxygens (including phenoxy) is 1. The van der Waals surface area contributed by atoms with Crippen LogP contribution in [-0.4, -0.2) is 85.4 Å². The van der Waals surface area contributed by atoms with Crippen molar-refractivity contribution in [3.63, 3.8) is 0 Å². The number of amides is 4. The first-order valence-electron chi connectivity index (χ1n) is 10.1. The van der Waals surface area contributed by atoms with Crippen LogP contribution in [0.2, 0.25) is 0 Å². The Morgan fingerprint density at radius 1 is 1.26 bits per heavy atom. The summed E-state index contributed by atoms with van der Waals surface area (Å²) in [5, 5.41) is 14.4. The molecule has 0 radical (unpaired) electrons. The van der Waals surface area contributed by atoms with Crippen LogP contribution in [0.15, 0.2) is 24.3 Å². The Morgan fingerprint density at radius 3 is 2.65 bits per heavy atom. The van der Waals surface area contributed by atoms with Gasteiger partial charge in [0, 0.05) is 32.3 Å². The molecule has 1 aromatic rings. The number of rotatable bonds is 5. The fraction of sp³-hybridized carbons (Fsp3) is 0.476. The number of carbonyl (C=O) groups excluding carboxylic acids is 4. The number of benzene rings is 1. The molecule has 0 saturated carbocycles. The summed E-state index contributed by atoms with van der Waals surface area (Å²) in [5.74, 6) is -1.39. The van der Waals surface area contributed by atoms with Gasteiger partial charge >= 0.3 is 0 Å². The van der Waals surface area contributed by atoms with E-state index in [9.17, 15) is 19.2 Å². The van der Waals surface area contributed by atoms with Gasteiger partial charge in [0.25, 0.3) is 5.91 Å². The maximum Gasteiger partial charge on any atom is 0.253 e. The van der Waals surface area contributed by atoms with Crippen LogP contribution in [0.25, 0.3) is 0 Å². The van der Waals surface area contributed by atoms with Crippen molar-refractivity contribution in [1.82, 2.24) is 20.4 Å². The molecule has 2 unspecified atom stereocenters. The van der Waals surface area contributed by atoms with E-state index in [1.54, 1.807) is 24.3 Å². The smallest absolute Gasteiger partial charge is 0.253 e. The van der Waals surface area contributed by atoms with Crippen LogP contribution < -0.4 is 10.6 Å². The Morgan fingerprint density at radius 2 is 2.00 bits per heavy atom. The lowest BCUT2D eigenvalue weighted by Crippen LogP contribution is -2.64. The first kappa shape index (κ1) is 22.2. The van der Waals surface area contributed by atoms with Crippen LogP contribution in [0.3, 0.4) is 0 Å². The van der Waals surface area contributed by atoms with Crippen molar-refractivity contribution in [2.75, 3.05) is 39.9 Å². The van der Waals surface area contributed by atoms with E-state index in [4.69, 9.17) is 10.00 Å². The van der Waals surface area contributed by atoms with Gasteiger partial charge in [-0.1, -0.05) is 0 Å². The third-order valence-electron chi connectivity index (χ3n) is 5.42. The van der Waals surface area contributed by atoms with Gasteiger partial charge in [0.05, 0.1) is 18.2 Å². The van der Waals surface area contributed by atoms with Gasteiger partial charge in [-0.2, -0.15) is 5.26 Å². The number of carbonyl (C=O) groups is 4. The highest BCUT2D eigenvalue weighted by molar-refractivity contribution is 5.96. The maximum absolute atomic E-state index is 13.0. The molecule has 10 heteroatoms. The zero-order valence-electron chi connectivity index (χ0n) is 17.3. The zero-order chi connectivity index (χ0) is 22.4. The van der Waals surface area contributed by atoms with Gasteiger partial charge in [0.15, 0.2) is 0 Å². The maximum atomic E-state index is 13.0. The van der Waals surface area contributed by atoms with E-state index >= 15 is 0 Å². The molecule has 2 saturated heterocycles. The standard InChI is InChI=1S/C21H25N5O5/c1-31-13-18(27)26-10-9-25(21(30)15-6-4-14(11-22)5-7-15)12-17(26)20(29)24-16-3-2-8-23-19(16)28/h4-7,16-17H,2-3,8-10,12-13H2,1H3,(H,23,28)(H,24,29). The Kier molecular flexibility index (Phi) is 7.20. The monoisotopic (exact) mass is 427 g/mol. The molecular formula is C21H25N5O5. The molecule has 2 atom stereocenters. The molecule has 31 heavy (non-hydrogen) atoms. The van der Waals surface area contributed by atoms with Gasteiger partial charge < -0.3 is 25.2 Å². The minimum absolute atomic E-state index is 0.00549. The number of piperazine rings is 1. The molecule has 0 bridgehead atoms. The zero-order valence-corrected chi connectivity index (χ0v) is 17.3. The summed E-state index contributed by atoms with van der Waals surface area (Å²) in [6, 6.07) is 6.63. The number of nitrogens with one attached hydrogen (secondary N) is 2. The minimum atomic E-state index is -0.937. The molecule has 2 heterocycles. The summed E-state index contributed by atoms with van der Waals surface area (Å²) in [7, 11) is 1.39. The predicted octanol–water partition coefficient (Wildman–Crippen LogP) is -0.748. The summed E-state index contributed by atoms with van der Waals surface area (Å²) in [4.78, 5) is 53.4. The van der Waals surface area contributed by atoms with E-state index in [2.05, 4.69) is 10.6 Å². The molecule has 2 aliphatic rings. The average molecular weight is 427 g/mol. The van der Waals surface area contributed by atoms with Crippen molar-refractivity contribution in [3.8, 4) is 6.07 Å². The molecule has 0 spiro atoms. The van der Waals surface area contributed by atoms with E-state index in [1.807, 2.05) is 6.07 Å². The van der Waals surface area contributed by atoms with E-state index in [0.29, 0.717) is 24.1 Å². The summed E-state index contributed by atoms with van der Waals surface area (Å²) in [6.07, 6.45) is 1.27. The number of hydrogen-bond acceptors (Lipinski definition) is 6. The largest absolute Gasteiger partial charge is 0.375 e. The van der Waals surface area contributed by atoms with Gasteiger partial charge in [-0.15, -0.1) is 0 Å². The second-order valence-electron chi connectivity index (χ2n) is 7.47. The van der Waals surface area contributed by atoms with Crippen LogP contribution in [0.4, 0.5) is 0 Å². The lowest BCUT2D eigenvalue weighted by molar-refractivity contribution is -0.146. The Hall–Kier alpha value is -3.45. The van der Waals surface area contributed by atoms with Crippen LogP contribution in [0.1, 0.15) is 28.8 Å². The van der Waals surface area contributed by atoms with Crippen LogP contribution in [0, 0.1) is 11.3 Å². The van der Waals surface area contributed by atoms with Crippen molar-refractivity contribution in [2.24, 2.45) is 0 Å². The molecule has 4 amide bonds. The first-order valence-corrected chi connectivity index (χ1v) is 10.1. The highest BCUT2D eigenvalue weighted by atomic mass is 16.5. The molecule has 10 nitrogen and oxygen atoms in total. The van der Waals surface area contributed by atoms with E-state index in [0.717, 1.165) is 6.42 Å². The van der Waals surface area contributed by atoms with Crippen LogP contribution in [-0.2, 0) is 19.1 Å². The van der Waals surface area contributed by atoms with Crippen molar-refractivity contribution in [1.29, 1.82) is 5.26 Å². The van der Waals surface area contributed by atoms with E-state index < -0.39 is 18.0 Å². The van der Waals surface area contributed by atoms with E-state index in [1.165, 1.54) is 16.9 Å². The third kappa shape index (κ3) is 5.19. The summed E-state index contributed by atoms with van der Waals surface area (Å²) < 4.78 is 4.92. The summed E-state index contributed by atoms with van der Waals surface area (Å²) >= 11 is 0. The molecule has 2 aliphatic heterocycles. The lowest BCUT2D eigenvalue weighted by Gasteiger charge is -2.41. The van der Waals surface area contributed by atoms with Gasteiger partial charge in [0.2, 0.25) is 17.7 Å². The van der Waals surface area contributed by atoms with Crippen LogP contribution in [0.5, 0.6) is 0 Å². The van der Waals surface area contributed by atoms with Gasteiger partial charge in [-0.3, -0.25) is 19.2 Å². The fourth-order valence-corrected chi connectivity index (χ4v) is 3.74. The highest BCUT2D eigenvalue weighted by Crippen LogP contribution is 2.16. The third-order valence-corrected chi connectivity index (χ3v) is 5.42. The Bertz CT molecular complexity index is 894. The van der Waals surface area contributed by atoms with Crippen LogP contribution >= 0.6 is 0 Å². The van der Waals surface area contributed by atoms with Gasteiger partial charge in [0.1, 0.15) is 18.7 Å². The second kappa shape index (κ2) is 10.0. The number of nitriles is 1. The molecule has 164 valence electrons. The molecule has 2 N–H and O–H groups in total. The van der Waals surface area contributed by atoms with Crippen molar-refractivity contribution in [2.45, 2.75) is 24.9 Å². The number of hydrogen-bond donors (Lipinski definition) is 2.